The zero-order chi connectivity index (χ0) is 22.7. The van der Waals surface area contributed by atoms with E-state index in [1.807, 2.05) is 0 Å². The monoisotopic (exact) mass is 445 g/mol. The molecule has 1 fully saturated rings. The number of pyridine rings is 1. The summed E-state index contributed by atoms with van der Waals surface area (Å²) in [5.41, 5.74) is 0.527. The van der Waals surface area contributed by atoms with Gasteiger partial charge in [-0.3, -0.25) is 9.89 Å². The number of ether oxygens (including phenoxy) is 2. The fourth-order valence-corrected chi connectivity index (χ4v) is 3.78. The molecular weight excluding hydrogens is 411 g/mol. The number of morpholine rings is 1. The van der Waals surface area contributed by atoms with Crippen molar-refractivity contribution in [3.63, 3.8) is 0 Å². The molecule has 176 valence electrons. The third-order valence-electron chi connectivity index (χ3n) is 5.48. The fourth-order valence-electron chi connectivity index (χ4n) is 3.78. The second kappa shape index (κ2) is 12.7. The van der Waals surface area contributed by atoms with Gasteiger partial charge in [-0.2, -0.15) is 13.2 Å². The van der Waals surface area contributed by atoms with Gasteiger partial charge in [0.25, 0.3) is 0 Å². The quantitative estimate of drug-likeness (QED) is 0.426. The molecule has 0 radical (unpaired) electrons. The standard InChI is InChI=1S/C21H34F3N5O2/c1-4-16(5-2)18(29-9-11-30-12-10-29)14-28-20(25-3)27-13-17-7-6-8-26-19(17)31-15-21(22,23)24/h6-8,16,18H,4-5,9-15H2,1-3H3,(H2,25,27,28). The molecule has 1 aliphatic heterocycles. The second-order valence-corrected chi connectivity index (χ2v) is 7.47. The van der Waals surface area contributed by atoms with Crippen LogP contribution in [0.15, 0.2) is 23.3 Å². The summed E-state index contributed by atoms with van der Waals surface area (Å²) >= 11 is 0. The molecule has 2 heterocycles. The third-order valence-corrected chi connectivity index (χ3v) is 5.48. The molecule has 1 atom stereocenters. The van der Waals surface area contributed by atoms with Crippen molar-refractivity contribution in [3.05, 3.63) is 23.9 Å². The van der Waals surface area contributed by atoms with Crippen molar-refractivity contribution in [2.75, 3.05) is 46.5 Å². The van der Waals surface area contributed by atoms with Crippen molar-refractivity contribution in [1.82, 2.24) is 20.5 Å². The van der Waals surface area contributed by atoms with Crippen molar-refractivity contribution in [2.45, 2.75) is 45.5 Å². The number of hydrogen-bond donors (Lipinski definition) is 2. The number of nitrogens with zero attached hydrogens (tertiary/aromatic N) is 3. The molecule has 0 saturated carbocycles. The molecule has 31 heavy (non-hydrogen) atoms. The molecule has 0 aliphatic carbocycles. The fraction of sp³-hybridized carbons (Fsp3) is 0.714. The molecule has 2 rings (SSSR count). The van der Waals surface area contributed by atoms with Gasteiger partial charge in [-0.1, -0.05) is 32.8 Å². The second-order valence-electron chi connectivity index (χ2n) is 7.47. The summed E-state index contributed by atoms with van der Waals surface area (Å²) in [6, 6.07) is 3.69. The van der Waals surface area contributed by atoms with E-state index in [2.05, 4.69) is 39.4 Å². The van der Waals surface area contributed by atoms with Gasteiger partial charge >= 0.3 is 6.18 Å². The van der Waals surface area contributed by atoms with Crippen molar-refractivity contribution < 1.29 is 22.6 Å². The number of nitrogens with one attached hydrogen (secondary N) is 2. The Morgan fingerprint density at radius 2 is 1.97 bits per heavy atom. The largest absolute Gasteiger partial charge is 0.468 e. The Labute approximate surface area is 182 Å². The minimum Gasteiger partial charge on any atom is -0.468 e. The van der Waals surface area contributed by atoms with Crippen molar-refractivity contribution in [3.8, 4) is 5.88 Å². The molecule has 10 heteroatoms. The average molecular weight is 446 g/mol. The van der Waals surface area contributed by atoms with E-state index in [-0.39, 0.29) is 12.4 Å². The normalized spacial score (nSPS) is 16.9. The van der Waals surface area contributed by atoms with E-state index in [4.69, 9.17) is 9.47 Å². The van der Waals surface area contributed by atoms with E-state index in [0.29, 0.717) is 23.5 Å². The van der Waals surface area contributed by atoms with Crippen LogP contribution in [-0.2, 0) is 11.3 Å². The van der Waals surface area contributed by atoms with Gasteiger partial charge in [0.1, 0.15) is 0 Å². The van der Waals surface area contributed by atoms with Crippen LogP contribution >= 0.6 is 0 Å². The Morgan fingerprint density at radius 3 is 2.58 bits per heavy atom. The lowest BCUT2D eigenvalue weighted by atomic mass is 9.92. The van der Waals surface area contributed by atoms with Crippen molar-refractivity contribution in [1.29, 1.82) is 0 Å². The highest BCUT2D eigenvalue weighted by atomic mass is 19.4. The maximum atomic E-state index is 12.5. The predicted molar refractivity (Wildman–Crippen MR) is 114 cm³/mol. The van der Waals surface area contributed by atoms with Gasteiger partial charge in [0.05, 0.1) is 13.2 Å². The van der Waals surface area contributed by atoms with Gasteiger partial charge in [-0.25, -0.2) is 4.98 Å². The van der Waals surface area contributed by atoms with Crippen LogP contribution in [0.3, 0.4) is 0 Å². The smallest absolute Gasteiger partial charge is 0.422 e. The highest BCUT2D eigenvalue weighted by molar-refractivity contribution is 5.79. The van der Waals surface area contributed by atoms with Gasteiger partial charge in [-0.15, -0.1) is 0 Å². The summed E-state index contributed by atoms with van der Waals surface area (Å²) in [4.78, 5) is 10.6. The van der Waals surface area contributed by atoms with Crippen LogP contribution in [-0.4, -0.2) is 74.6 Å². The molecule has 1 aromatic rings. The SMILES string of the molecule is CCC(CC)C(CNC(=NC)NCc1cccnc1OCC(F)(F)F)N1CCOCC1. The third kappa shape index (κ3) is 8.53. The first-order chi connectivity index (χ1) is 14.9. The average Bonchev–Trinajstić information content (AvgIpc) is 2.77. The van der Waals surface area contributed by atoms with Gasteiger partial charge in [0, 0.05) is 51.0 Å². The Hall–Kier alpha value is -2.07. The summed E-state index contributed by atoms with van der Waals surface area (Å²) in [5.74, 6) is 1.09. The first-order valence-electron chi connectivity index (χ1n) is 10.8. The van der Waals surface area contributed by atoms with E-state index in [1.54, 1.807) is 19.2 Å². The van der Waals surface area contributed by atoms with E-state index in [1.165, 1.54) is 6.20 Å². The minimum atomic E-state index is -4.41. The van der Waals surface area contributed by atoms with Crippen LogP contribution < -0.4 is 15.4 Å². The molecular formula is C21H34F3N5O2. The van der Waals surface area contributed by atoms with E-state index < -0.39 is 12.8 Å². The zero-order valence-corrected chi connectivity index (χ0v) is 18.5. The van der Waals surface area contributed by atoms with Crippen LogP contribution in [0.5, 0.6) is 5.88 Å². The van der Waals surface area contributed by atoms with Crippen LogP contribution in [0.4, 0.5) is 13.2 Å². The summed E-state index contributed by atoms with van der Waals surface area (Å²) in [6.45, 7) is 7.30. The Morgan fingerprint density at radius 1 is 1.26 bits per heavy atom. The highest BCUT2D eigenvalue weighted by Crippen LogP contribution is 2.21. The highest BCUT2D eigenvalue weighted by Gasteiger charge is 2.29. The van der Waals surface area contributed by atoms with Crippen LogP contribution in [0.2, 0.25) is 0 Å². The van der Waals surface area contributed by atoms with Crippen LogP contribution in [0.1, 0.15) is 32.3 Å². The van der Waals surface area contributed by atoms with Crippen molar-refractivity contribution in [2.24, 2.45) is 10.9 Å². The molecule has 1 aromatic heterocycles. The number of halogens is 3. The van der Waals surface area contributed by atoms with Crippen LogP contribution in [0, 0.1) is 5.92 Å². The van der Waals surface area contributed by atoms with Gasteiger partial charge in [0.2, 0.25) is 5.88 Å². The summed E-state index contributed by atoms with van der Waals surface area (Å²) in [5, 5.41) is 6.53. The lowest BCUT2D eigenvalue weighted by Crippen LogP contribution is -2.53. The van der Waals surface area contributed by atoms with Crippen LogP contribution in [0.25, 0.3) is 0 Å². The lowest BCUT2D eigenvalue weighted by molar-refractivity contribution is -0.154. The maximum absolute atomic E-state index is 12.5. The van der Waals surface area contributed by atoms with E-state index in [0.717, 1.165) is 45.7 Å². The number of alkyl halides is 3. The Balaban J connectivity index is 1.95. The van der Waals surface area contributed by atoms with E-state index >= 15 is 0 Å². The molecule has 1 aliphatic rings. The molecule has 2 N–H and O–H groups in total. The predicted octanol–water partition coefficient (Wildman–Crippen LogP) is 2.82. The summed E-state index contributed by atoms with van der Waals surface area (Å²) in [7, 11) is 1.67. The summed E-state index contributed by atoms with van der Waals surface area (Å²) in [6.07, 6.45) is -0.835. The first kappa shape index (κ1) is 25.2. The topological polar surface area (TPSA) is 71.0 Å². The number of aliphatic imine (C=N–C) groups is 1. The number of guanidine groups is 1. The Bertz CT molecular complexity index is 677. The molecule has 0 aromatic carbocycles. The number of hydrogen-bond acceptors (Lipinski definition) is 5. The number of rotatable bonds is 10. The molecule has 1 unspecified atom stereocenters. The van der Waals surface area contributed by atoms with Gasteiger partial charge < -0.3 is 20.1 Å². The Kier molecular flexibility index (Phi) is 10.3. The molecule has 0 amide bonds. The molecule has 1 saturated heterocycles. The zero-order valence-electron chi connectivity index (χ0n) is 18.5. The molecule has 0 spiro atoms. The maximum Gasteiger partial charge on any atom is 0.422 e. The van der Waals surface area contributed by atoms with Gasteiger partial charge in [-0.05, 0) is 12.0 Å². The summed E-state index contributed by atoms with van der Waals surface area (Å²) < 4.78 is 47.8. The lowest BCUT2D eigenvalue weighted by Gasteiger charge is -2.39. The minimum absolute atomic E-state index is 0.0361. The molecule has 0 bridgehead atoms. The van der Waals surface area contributed by atoms with Crippen molar-refractivity contribution >= 4 is 5.96 Å². The number of aromatic nitrogens is 1. The van der Waals surface area contributed by atoms with E-state index in [9.17, 15) is 13.2 Å². The molecule has 7 nitrogen and oxygen atoms in total. The van der Waals surface area contributed by atoms with Gasteiger partial charge in [0.15, 0.2) is 12.6 Å². The first-order valence-corrected chi connectivity index (χ1v) is 10.8.